The van der Waals surface area contributed by atoms with Crippen LogP contribution in [0.4, 0.5) is 15.8 Å². The molecule has 0 N–H and O–H groups in total. The van der Waals surface area contributed by atoms with E-state index in [0.717, 1.165) is 91.9 Å². The minimum atomic E-state index is -0.232. The highest BCUT2D eigenvalue weighted by Gasteiger charge is 2.27. The predicted molar refractivity (Wildman–Crippen MR) is 161 cm³/mol. The Hall–Kier alpha value is -2.97. The second-order valence-corrected chi connectivity index (χ2v) is 12.1. The quantitative estimate of drug-likeness (QED) is 0.199. The van der Waals surface area contributed by atoms with Gasteiger partial charge in [-0.3, -0.25) is 19.4 Å². The molecule has 2 aliphatic heterocycles. The summed E-state index contributed by atoms with van der Waals surface area (Å²) in [5.41, 5.74) is 4.16. The van der Waals surface area contributed by atoms with E-state index in [9.17, 15) is 14.0 Å². The number of rotatable bonds is 11. The summed E-state index contributed by atoms with van der Waals surface area (Å²) < 4.78 is 20.8. The maximum Gasteiger partial charge on any atom is 0.310 e. The Kier molecular flexibility index (Phi) is 9.37. The molecular formula is C32H40FN3O3S. The molecule has 40 heavy (non-hydrogen) atoms. The summed E-state index contributed by atoms with van der Waals surface area (Å²) in [6, 6.07) is 11.7. The van der Waals surface area contributed by atoms with Crippen LogP contribution in [0.5, 0.6) is 0 Å². The van der Waals surface area contributed by atoms with Crippen molar-refractivity contribution in [2.24, 2.45) is 5.92 Å². The SMILES string of the molecule is CCCCCC(C)C(=O)OCN1C(=O)CCc2ccc(CCN3CCN(c4cc(F)cc5sccc45)CC3)cc21. The highest BCUT2D eigenvalue weighted by Crippen LogP contribution is 2.33. The average Bonchev–Trinajstić information content (AvgIpc) is 3.43. The lowest BCUT2D eigenvalue weighted by Crippen LogP contribution is -2.47. The lowest BCUT2D eigenvalue weighted by molar-refractivity contribution is -0.148. The molecule has 0 bridgehead atoms. The monoisotopic (exact) mass is 565 g/mol. The van der Waals surface area contributed by atoms with E-state index in [1.807, 2.05) is 12.3 Å². The van der Waals surface area contributed by atoms with Gasteiger partial charge >= 0.3 is 5.97 Å². The molecule has 0 spiro atoms. The molecule has 3 heterocycles. The molecule has 0 saturated carbocycles. The number of carbonyl (C=O) groups excluding carboxylic acids is 2. The van der Waals surface area contributed by atoms with Gasteiger partial charge in [0.2, 0.25) is 5.91 Å². The molecule has 1 atom stereocenters. The van der Waals surface area contributed by atoms with Gasteiger partial charge in [0.15, 0.2) is 6.73 Å². The highest BCUT2D eigenvalue weighted by molar-refractivity contribution is 7.17. The van der Waals surface area contributed by atoms with Gasteiger partial charge in [0, 0.05) is 54.9 Å². The number of ether oxygens (including phenoxy) is 1. The minimum Gasteiger partial charge on any atom is -0.444 e. The number of anilines is 2. The van der Waals surface area contributed by atoms with Crippen molar-refractivity contribution < 1.29 is 18.7 Å². The molecule has 2 aromatic carbocycles. The molecule has 0 aliphatic carbocycles. The van der Waals surface area contributed by atoms with E-state index in [1.54, 1.807) is 28.4 Å². The van der Waals surface area contributed by atoms with Gasteiger partial charge in [-0.15, -0.1) is 11.3 Å². The molecule has 8 heteroatoms. The Morgan fingerprint density at radius 1 is 1.05 bits per heavy atom. The summed E-state index contributed by atoms with van der Waals surface area (Å²) >= 11 is 1.58. The van der Waals surface area contributed by atoms with E-state index < -0.39 is 0 Å². The van der Waals surface area contributed by atoms with Crippen LogP contribution in [0.2, 0.25) is 0 Å². The van der Waals surface area contributed by atoms with Gasteiger partial charge in [0.25, 0.3) is 0 Å². The molecule has 1 unspecified atom stereocenters. The van der Waals surface area contributed by atoms with E-state index >= 15 is 0 Å². The third kappa shape index (κ3) is 6.66. The molecule has 2 aliphatic rings. The van der Waals surface area contributed by atoms with E-state index in [2.05, 4.69) is 41.0 Å². The Morgan fingerprint density at radius 2 is 1.88 bits per heavy atom. The number of hydrogen-bond acceptors (Lipinski definition) is 6. The van der Waals surface area contributed by atoms with E-state index in [1.165, 1.54) is 5.56 Å². The topological polar surface area (TPSA) is 53.1 Å². The highest BCUT2D eigenvalue weighted by atomic mass is 32.1. The second kappa shape index (κ2) is 13.1. The first-order valence-electron chi connectivity index (χ1n) is 14.7. The van der Waals surface area contributed by atoms with Crippen molar-refractivity contribution in [3.05, 3.63) is 58.7 Å². The summed E-state index contributed by atoms with van der Waals surface area (Å²) in [5, 5.41) is 3.15. The van der Waals surface area contributed by atoms with Crippen LogP contribution in [-0.2, 0) is 27.2 Å². The first kappa shape index (κ1) is 28.6. The van der Waals surface area contributed by atoms with Crippen LogP contribution < -0.4 is 9.80 Å². The summed E-state index contributed by atoms with van der Waals surface area (Å²) in [5.74, 6) is -0.563. The zero-order chi connectivity index (χ0) is 28.1. The van der Waals surface area contributed by atoms with Gasteiger partial charge in [-0.05, 0) is 60.0 Å². The molecular weight excluding hydrogens is 525 g/mol. The van der Waals surface area contributed by atoms with Crippen LogP contribution >= 0.6 is 11.3 Å². The smallest absolute Gasteiger partial charge is 0.310 e. The number of amides is 1. The number of piperazine rings is 1. The number of unbranched alkanes of at least 4 members (excludes halogenated alkanes) is 2. The number of hydrogen-bond donors (Lipinski definition) is 0. The molecule has 5 rings (SSSR count). The Bertz CT molecular complexity index is 1330. The van der Waals surface area contributed by atoms with Gasteiger partial charge in [-0.2, -0.15) is 0 Å². The molecule has 1 aromatic heterocycles. The van der Waals surface area contributed by atoms with E-state index in [-0.39, 0.29) is 30.3 Å². The maximum atomic E-state index is 14.2. The largest absolute Gasteiger partial charge is 0.444 e. The van der Waals surface area contributed by atoms with Gasteiger partial charge in [0.05, 0.1) is 11.6 Å². The lowest BCUT2D eigenvalue weighted by Gasteiger charge is -2.36. The zero-order valence-electron chi connectivity index (χ0n) is 23.7. The van der Waals surface area contributed by atoms with Crippen LogP contribution in [0, 0.1) is 11.7 Å². The van der Waals surface area contributed by atoms with Crippen LogP contribution in [0.25, 0.3) is 10.1 Å². The summed E-state index contributed by atoms with van der Waals surface area (Å²) in [7, 11) is 0. The van der Waals surface area contributed by atoms with Crippen molar-refractivity contribution in [2.75, 3.05) is 49.3 Å². The van der Waals surface area contributed by atoms with Gasteiger partial charge < -0.3 is 9.64 Å². The summed E-state index contributed by atoms with van der Waals surface area (Å²) in [6.07, 6.45) is 6.08. The Morgan fingerprint density at radius 3 is 2.67 bits per heavy atom. The fraction of sp³-hybridized carbons (Fsp3) is 0.500. The van der Waals surface area contributed by atoms with Crippen LogP contribution in [0.1, 0.15) is 57.1 Å². The number of nitrogens with zero attached hydrogens (tertiary/aromatic N) is 3. The minimum absolute atomic E-state index is 0.00397. The lowest BCUT2D eigenvalue weighted by atomic mass is 9.98. The number of halogens is 1. The average molecular weight is 566 g/mol. The molecule has 0 radical (unpaired) electrons. The van der Waals surface area contributed by atoms with Crippen LogP contribution in [-0.4, -0.2) is 56.2 Å². The summed E-state index contributed by atoms with van der Waals surface area (Å²) in [6.45, 7) is 8.52. The fourth-order valence-corrected chi connectivity index (χ4v) is 6.58. The van der Waals surface area contributed by atoms with Crippen LogP contribution in [0.3, 0.4) is 0 Å². The van der Waals surface area contributed by atoms with Gasteiger partial charge in [-0.25, -0.2) is 4.39 Å². The third-order valence-electron chi connectivity index (χ3n) is 8.27. The maximum absolute atomic E-state index is 14.2. The second-order valence-electron chi connectivity index (χ2n) is 11.1. The molecule has 214 valence electrons. The molecule has 1 amide bonds. The van der Waals surface area contributed by atoms with Crippen molar-refractivity contribution in [1.82, 2.24) is 4.90 Å². The number of fused-ring (bicyclic) bond motifs is 2. The van der Waals surface area contributed by atoms with Gasteiger partial charge in [-0.1, -0.05) is 45.2 Å². The van der Waals surface area contributed by atoms with Crippen molar-refractivity contribution in [3.8, 4) is 0 Å². The number of aryl methyl sites for hydroxylation is 1. The predicted octanol–water partition coefficient (Wildman–Crippen LogP) is 6.40. The number of thiophene rings is 1. The summed E-state index contributed by atoms with van der Waals surface area (Å²) in [4.78, 5) is 31.7. The van der Waals surface area contributed by atoms with Gasteiger partial charge in [0.1, 0.15) is 5.82 Å². The Labute approximate surface area is 240 Å². The first-order chi connectivity index (χ1) is 19.4. The molecule has 3 aromatic rings. The van der Waals surface area contributed by atoms with Crippen molar-refractivity contribution in [2.45, 2.75) is 58.8 Å². The number of esters is 1. The third-order valence-corrected chi connectivity index (χ3v) is 9.14. The van der Waals surface area contributed by atoms with Crippen molar-refractivity contribution in [3.63, 3.8) is 0 Å². The number of benzene rings is 2. The molecule has 6 nitrogen and oxygen atoms in total. The van der Waals surface area contributed by atoms with E-state index in [0.29, 0.717) is 12.8 Å². The fourth-order valence-electron chi connectivity index (χ4n) is 5.75. The van der Waals surface area contributed by atoms with Crippen molar-refractivity contribution >= 4 is 44.7 Å². The van der Waals surface area contributed by atoms with Crippen molar-refractivity contribution in [1.29, 1.82) is 0 Å². The number of carbonyl (C=O) groups is 2. The standard InChI is InChI=1S/C32H40FN3O3S/c1-3-4-5-6-23(2)32(38)39-22-36-28-19-24(7-8-25(28)9-10-31(36)37)11-13-34-14-16-35(17-15-34)29-20-26(33)21-30-27(29)12-18-40-30/h7-8,12,18-21,23H,3-6,9-11,13-17,22H2,1-2H3. The normalized spacial score (nSPS) is 16.8. The zero-order valence-corrected chi connectivity index (χ0v) is 24.5. The Balaban J connectivity index is 1.16. The van der Waals surface area contributed by atoms with E-state index in [4.69, 9.17) is 4.74 Å². The molecule has 1 saturated heterocycles. The first-order valence-corrected chi connectivity index (χ1v) is 15.5. The van der Waals surface area contributed by atoms with Crippen LogP contribution in [0.15, 0.2) is 41.8 Å². The molecule has 1 fully saturated rings.